The molecule has 4 nitrogen and oxygen atoms in total. The average molecular weight is 166 g/mol. The minimum absolute atomic E-state index is 0.116. The monoisotopic (exact) mass is 166 g/mol. The van der Waals surface area contributed by atoms with E-state index in [1.165, 1.54) is 0 Å². The average Bonchev–Trinajstić information content (AvgIpc) is 1.81. The van der Waals surface area contributed by atoms with Gasteiger partial charge in [-0.2, -0.15) is 0 Å². The Morgan fingerprint density at radius 2 is 2.10 bits per heavy atom. The SMILES string of the molecule is CCC(CN)NS(C)(=O)=O. The normalized spacial score (nSPS) is 15.1. The molecule has 0 aromatic rings. The summed E-state index contributed by atoms with van der Waals surface area (Å²) in [5.74, 6) is 0. The summed E-state index contributed by atoms with van der Waals surface area (Å²) < 4.78 is 23.6. The fraction of sp³-hybridized carbons (Fsp3) is 1.00. The molecule has 62 valence electrons. The third-order valence-corrected chi connectivity index (χ3v) is 1.92. The minimum Gasteiger partial charge on any atom is -0.329 e. The molecule has 0 bridgehead atoms. The van der Waals surface area contributed by atoms with E-state index in [1.807, 2.05) is 6.92 Å². The molecule has 3 N–H and O–H groups in total. The molecule has 5 heteroatoms. The molecule has 0 radical (unpaired) electrons. The van der Waals surface area contributed by atoms with E-state index in [-0.39, 0.29) is 6.04 Å². The second kappa shape index (κ2) is 3.90. The van der Waals surface area contributed by atoms with Gasteiger partial charge < -0.3 is 5.73 Å². The molecule has 0 spiro atoms. The van der Waals surface area contributed by atoms with Gasteiger partial charge in [0.05, 0.1) is 6.26 Å². The van der Waals surface area contributed by atoms with Crippen LogP contribution < -0.4 is 10.5 Å². The third kappa shape index (κ3) is 4.72. The minimum atomic E-state index is -3.08. The van der Waals surface area contributed by atoms with Crippen molar-refractivity contribution in [3.05, 3.63) is 0 Å². The van der Waals surface area contributed by atoms with Crippen LogP contribution in [0.5, 0.6) is 0 Å². The maximum Gasteiger partial charge on any atom is 0.208 e. The maximum absolute atomic E-state index is 10.6. The van der Waals surface area contributed by atoms with Gasteiger partial charge in [0.1, 0.15) is 0 Å². The highest BCUT2D eigenvalue weighted by Gasteiger charge is 2.08. The van der Waals surface area contributed by atoms with Gasteiger partial charge in [0.25, 0.3) is 0 Å². The molecule has 0 heterocycles. The van der Waals surface area contributed by atoms with Gasteiger partial charge in [0, 0.05) is 12.6 Å². The van der Waals surface area contributed by atoms with Gasteiger partial charge >= 0.3 is 0 Å². The Bertz CT molecular complexity index is 172. The molecule has 0 saturated heterocycles. The Labute approximate surface area is 61.8 Å². The lowest BCUT2D eigenvalue weighted by Gasteiger charge is -2.11. The second-order valence-electron chi connectivity index (χ2n) is 2.23. The van der Waals surface area contributed by atoms with E-state index in [1.54, 1.807) is 0 Å². The molecular weight excluding hydrogens is 152 g/mol. The quantitative estimate of drug-likeness (QED) is 0.578. The molecule has 10 heavy (non-hydrogen) atoms. The summed E-state index contributed by atoms with van der Waals surface area (Å²) >= 11 is 0. The highest BCUT2D eigenvalue weighted by atomic mass is 32.2. The molecule has 0 aliphatic rings. The van der Waals surface area contributed by atoms with Crippen LogP contribution in [-0.2, 0) is 10.0 Å². The zero-order valence-electron chi connectivity index (χ0n) is 6.29. The molecule has 0 fully saturated rings. The van der Waals surface area contributed by atoms with Crippen LogP contribution in [-0.4, -0.2) is 27.3 Å². The van der Waals surface area contributed by atoms with Gasteiger partial charge in [-0.05, 0) is 6.42 Å². The van der Waals surface area contributed by atoms with Crippen molar-refractivity contribution in [1.29, 1.82) is 0 Å². The van der Waals surface area contributed by atoms with Gasteiger partial charge in [-0.1, -0.05) is 6.92 Å². The van der Waals surface area contributed by atoms with E-state index >= 15 is 0 Å². The van der Waals surface area contributed by atoms with Crippen LogP contribution in [0.25, 0.3) is 0 Å². The first kappa shape index (κ1) is 9.87. The number of nitrogens with two attached hydrogens (primary N) is 1. The number of hydrogen-bond donors (Lipinski definition) is 2. The Hall–Kier alpha value is -0.130. The molecule has 0 aliphatic carbocycles. The van der Waals surface area contributed by atoms with E-state index < -0.39 is 10.0 Å². The zero-order valence-corrected chi connectivity index (χ0v) is 7.11. The smallest absolute Gasteiger partial charge is 0.208 e. The van der Waals surface area contributed by atoms with Crippen LogP contribution in [0.15, 0.2) is 0 Å². The number of nitrogens with one attached hydrogen (secondary N) is 1. The largest absolute Gasteiger partial charge is 0.329 e. The molecule has 0 aromatic carbocycles. The summed E-state index contributed by atoms with van der Waals surface area (Å²) in [5, 5.41) is 0. The first-order valence-corrected chi connectivity index (χ1v) is 5.06. The second-order valence-corrected chi connectivity index (χ2v) is 4.01. The lowest BCUT2D eigenvalue weighted by atomic mass is 10.2. The first-order valence-electron chi connectivity index (χ1n) is 3.17. The predicted molar refractivity (Wildman–Crippen MR) is 41.1 cm³/mol. The van der Waals surface area contributed by atoms with Crippen molar-refractivity contribution in [2.45, 2.75) is 19.4 Å². The Balaban J connectivity index is 3.87. The van der Waals surface area contributed by atoms with Crippen molar-refractivity contribution in [2.75, 3.05) is 12.8 Å². The van der Waals surface area contributed by atoms with Crippen molar-refractivity contribution in [3.63, 3.8) is 0 Å². The number of sulfonamides is 1. The summed E-state index contributed by atoms with van der Waals surface area (Å²) in [4.78, 5) is 0. The lowest BCUT2D eigenvalue weighted by Crippen LogP contribution is -2.38. The maximum atomic E-state index is 10.6. The van der Waals surface area contributed by atoms with Gasteiger partial charge in [-0.15, -0.1) is 0 Å². The van der Waals surface area contributed by atoms with E-state index in [2.05, 4.69) is 4.72 Å². The molecule has 1 unspecified atom stereocenters. The summed E-state index contributed by atoms with van der Waals surface area (Å²) in [5.41, 5.74) is 5.26. The van der Waals surface area contributed by atoms with E-state index in [4.69, 9.17) is 5.73 Å². The van der Waals surface area contributed by atoms with Crippen LogP contribution >= 0.6 is 0 Å². The van der Waals surface area contributed by atoms with Crippen LogP contribution in [0.3, 0.4) is 0 Å². The Morgan fingerprint density at radius 3 is 2.20 bits per heavy atom. The molecule has 0 rings (SSSR count). The van der Waals surface area contributed by atoms with Crippen molar-refractivity contribution >= 4 is 10.0 Å². The number of hydrogen-bond acceptors (Lipinski definition) is 3. The summed E-state index contributed by atoms with van der Waals surface area (Å²) in [6.45, 7) is 2.24. The molecule has 0 aliphatic heterocycles. The lowest BCUT2D eigenvalue weighted by molar-refractivity contribution is 0.547. The highest BCUT2D eigenvalue weighted by Crippen LogP contribution is 1.89. The van der Waals surface area contributed by atoms with Crippen LogP contribution in [0.2, 0.25) is 0 Å². The fourth-order valence-corrected chi connectivity index (χ4v) is 1.47. The molecule has 0 amide bonds. The first-order chi connectivity index (χ1) is 4.49. The standard InChI is InChI=1S/C5H14N2O2S/c1-3-5(4-6)7-10(2,8)9/h5,7H,3-4,6H2,1-2H3. The van der Waals surface area contributed by atoms with E-state index in [0.29, 0.717) is 6.54 Å². The van der Waals surface area contributed by atoms with Crippen molar-refractivity contribution in [1.82, 2.24) is 4.72 Å². The molecular formula is C5H14N2O2S. The molecule has 0 saturated carbocycles. The van der Waals surface area contributed by atoms with Gasteiger partial charge in [-0.3, -0.25) is 0 Å². The van der Waals surface area contributed by atoms with Crippen LogP contribution in [0.4, 0.5) is 0 Å². The highest BCUT2D eigenvalue weighted by molar-refractivity contribution is 7.88. The van der Waals surface area contributed by atoms with Crippen molar-refractivity contribution in [2.24, 2.45) is 5.73 Å². The molecule has 1 atom stereocenters. The van der Waals surface area contributed by atoms with Gasteiger partial charge in [0.15, 0.2) is 0 Å². The fourth-order valence-electron chi connectivity index (χ4n) is 0.601. The summed E-state index contributed by atoms with van der Waals surface area (Å²) in [6, 6.07) is -0.116. The van der Waals surface area contributed by atoms with Crippen molar-refractivity contribution < 1.29 is 8.42 Å². The predicted octanol–water partition coefficient (Wildman–Crippen LogP) is -0.727. The van der Waals surface area contributed by atoms with Crippen LogP contribution in [0.1, 0.15) is 13.3 Å². The Morgan fingerprint density at radius 1 is 1.60 bits per heavy atom. The summed E-state index contributed by atoms with van der Waals surface area (Å²) in [6.07, 6.45) is 1.86. The Kier molecular flexibility index (Phi) is 3.85. The van der Waals surface area contributed by atoms with Crippen molar-refractivity contribution in [3.8, 4) is 0 Å². The van der Waals surface area contributed by atoms with Gasteiger partial charge in [0.2, 0.25) is 10.0 Å². The van der Waals surface area contributed by atoms with E-state index in [0.717, 1.165) is 12.7 Å². The van der Waals surface area contributed by atoms with E-state index in [9.17, 15) is 8.42 Å². The summed E-state index contributed by atoms with van der Waals surface area (Å²) in [7, 11) is -3.08. The third-order valence-electron chi connectivity index (χ3n) is 1.16. The molecule has 0 aromatic heterocycles. The van der Waals surface area contributed by atoms with Gasteiger partial charge in [-0.25, -0.2) is 13.1 Å². The topological polar surface area (TPSA) is 72.2 Å². The zero-order chi connectivity index (χ0) is 8.20. The number of rotatable bonds is 4. The van der Waals surface area contributed by atoms with Crippen LogP contribution in [0, 0.1) is 0 Å².